The molecule has 4 aromatic rings. The van der Waals surface area contributed by atoms with E-state index in [2.05, 4.69) is 15.9 Å². The second kappa shape index (κ2) is 8.41. The highest BCUT2D eigenvalue weighted by Gasteiger charge is 2.25. The molecule has 6 nitrogen and oxygen atoms in total. The summed E-state index contributed by atoms with van der Waals surface area (Å²) in [6.45, 7) is 0.391. The molecule has 0 aliphatic carbocycles. The van der Waals surface area contributed by atoms with Gasteiger partial charge in [0.2, 0.25) is 6.79 Å². The van der Waals surface area contributed by atoms with E-state index in [0.717, 1.165) is 26.5 Å². The molecule has 0 N–H and O–H groups in total. The van der Waals surface area contributed by atoms with Gasteiger partial charge in [0.1, 0.15) is 5.69 Å². The van der Waals surface area contributed by atoms with Crippen molar-refractivity contribution in [3.05, 3.63) is 92.8 Å². The van der Waals surface area contributed by atoms with Crippen molar-refractivity contribution < 1.29 is 14.3 Å². The third-order valence-electron chi connectivity index (χ3n) is 5.68. The van der Waals surface area contributed by atoms with E-state index < -0.39 is 0 Å². The maximum Gasteiger partial charge on any atom is 0.270 e. The minimum absolute atomic E-state index is 0.173. The van der Waals surface area contributed by atoms with Crippen LogP contribution in [0.1, 0.15) is 16.1 Å². The summed E-state index contributed by atoms with van der Waals surface area (Å²) in [6, 6.07) is 20.8. The second-order valence-corrected chi connectivity index (χ2v) is 8.97. The van der Waals surface area contributed by atoms with Crippen LogP contribution in [0.4, 0.5) is 0 Å². The van der Waals surface area contributed by atoms with Crippen molar-refractivity contribution in [2.24, 2.45) is 0 Å². The summed E-state index contributed by atoms with van der Waals surface area (Å²) in [5, 5.41) is 1.28. The monoisotopic (exact) mass is 504 g/mol. The fourth-order valence-corrected chi connectivity index (χ4v) is 4.48. The maximum atomic E-state index is 13.7. The van der Waals surface area contributed by atoms with Crippen LogP contribution in [0.5, 0.6) is 11.5 Å². The summed E-state index contributed by atoms with van der Waals surface area (Å²) in [4.78, 5) is 28.8. The predicted molar refractivity (Wildman–Crippen MR) is 131 cm³/mol. The Morgan fingerprint density at radius 2 is 1.73 bits per heavy atom. The largest absolute Gasteiger partial charge is 0.454 e. The number of ether oxygens (including phenoxy) is 2. The van der Waals surface area contributed by atoms with Gasteiger partial charge in [0.05, 0.1) is 6.54 Å². The minimum atomic E-state index is -0.242. The molecular weight excluding hydrogens is 484 g/mol. The number of pyridine rings is 1. The van der Waals surface area contributed by atoms with Crippen molar-refractivity contribution in [3.63, 3.8) is 0 Å². The molecule has 1 aliphatic heterocycles. The number of rotatable bonds is 4. The van der Waals surface area contributed by atoms with Crippen LogP contribution in [0.25, 0.3) is 21.9 Å². The fraction of sp³-hybridized carbons (Fsp3) is 0.154. The number of carbonyl (C=O) groups excluding carboxylic acids is 1. The Morgan fingerprint density at radius 1 is 0.970 bits per heavy atom. The molecule has 2 heterocycles. The molecule has 0 spiro atoms. The first-order chi connectivity index (χ1) is 15.9. The van der Waals surface area contributed by atoms with Crippen LogP contribution in [0.2, 0.25) is 0 Å². The lowest BCUT2D eigenvalue weighted by Gasteiger charge is -2.22. The summed E-state index contributed by atoms with van der Waals surface area (Å²) in [5.74, 6) is 1.06. The van der Waals surface area contributed by atoms with Gasteiger partial charge in [-0.2, -0.15) is 0 Å². The normalized spacial score (nSPS) is 12.2. The molecule has 0 fully saturated rings. The lowest BCUT2D eigenvalue weighted by molar-refractivity contribution is 0.0817. The number of hydrogen-bond acceptors (Lipinski definition) is 4. The number of hydrogen-bond donors (Lipinski definition) is 0. The van der Waals surface area contributed by atoms with Crippen molar-refractivity contribution in [2.45, 2.75) is 6.54 Å². The number of carbonyl (C=O) groups is 1. The molecule has 33 heavy (non-hydrogen) atoms. The molecule has 3 aromatic carbocycles. The number of aromatic nitrogens is 1. The summed E-state index contributed by atoms with van der Waals surface area (Å²) in [5.41, 5.74) is 2.56. The van der Waals surface area contributed by atoms with Crippen LogP contribution in [0.3, 0.4) is 0 Å². The van der Waals surface area contributed by atoms with Crippen LogP contribution in [-0.2, 0) is 6.54 Å². The average molecular weight is 505 g/mol. The van der Waals surface area contributed by atoms with Gasteiger partial charge < -0.3 is 14.4 Å². The Balaban J connectivity index is 1.84. The van der Waals surface area contributed by atoms with Gasteiger partial charge in [-0.15, -0.1) is 0 Å². The zero-order chi connectivity index (χ0) is 23.1. The molecule has 0 atom stereocenters. The van der Waals surface area contributed by atoms with Crippen LogP contribution < -0.4 is 15.0 Å². The van der Waals surface area contributed by atoms with E-state index in [4.69, 9.17) is 9.47 Å². The maximum absolute atomic E-state index is 13.7. The molecule has 0 saturated heterocycles. The summed E-state index contributed by atoms with van der Waals surface area (Å²) >= 11 is 3.53. The van der Waals surface area contributed by atoms with Crippen LogP contribution in [0, 0.1) is 0 Å². The van der Waals surface area contributed by atoms with Gasteiger partial charge in [0.25, 0.3) is 11.5 Å². The number of amides is 1. The Morgan fingerprint density at radius 3 is 2.48 bits per heavy atom. The first-order valence-electron chi connectivity index (χ1n) is 10.5. The topological polar surface area (TPSA) is 60.8 Å². The smallest absolute Gasteiger partial charge is 0.270 e. The quantitative estimate of drug-likeness (QED) is 0.396. The fourth-order valence-electron chi connectivity index (χ4n) is 4.12. The molecule has 1 amide bonds. The lowest BCUT2D eigenvalue weighted by atomic mass is 9.96. The summed E-state index contributed by atoms with van der Waals surface area (Å²) in [6.07, 6.45) is 0. The lowest BCUT2D eigenvalue weighted by Crippen LogP contribution is -2.33. The van der Waals surface area contributed by atoms with Gasteiger partial charge >= 0.3 is 0 Å². The molecule has 0 bridgehead atoms. The predicted octanol–water partition coefficient (Wildman–Crippen LogP) is 4.91. The molecule has 166 valence electrons. The van der Waals surface area contributed by atoms with E-state index >= 15 is 0 Å². The van der Waals surface area contributed by atoms with Gasteiger partial charge in [-0.3, -0.25) is 14.2 Å². The molecule has 1 aliphatic rings. The van der Waals surface area contributed by atoms with Gasteiger partial charge in [-0.1, -0.05) is 52.3 Å². The Labute approximate surface area is 199 Å². The Hall–Kier alpha value is -3.58. The Bertz CT molecular complexity index is 1440. The number of nitrogens with zero attached hydrogens (tertiary/aromatic N) is 2. The van der Waals surface area contributed by atoms with Gasteiger partial charge in [-0.05, 0) is 46.8 Å². The van der Waals surface area contributed by atoms with Crippen LogP contribution in [0.15, 0.2) is 76.0 Å². The van der Waals surface area contributed by atoms with Crippen LogP contribution in [-0.4, -0.2) is 36.3 Å². The number of halogens is 1. The third-order valence-corrected chi connectivity index (χ3v) is 6.18. The average Bonchev–Trinajstić information content (AvgIpc) is 3.28. The summed E-state index contributed by atoms with van der Waals surface area (Å²) in [7, 11) is 3.38. The van der Waals surface area contributed by atoms with E-state index in [-0.39, 0.29) is 24.8 Å². The highest BCUT2D eigenvalue weighted by molar-refractivity contribution is 9.10. The number of benzene rings is 3. The van der Waals surface area contributed by atoms with Crippen molar-refractivity contribution >= 4 is 32.6 Å². The molecule has 0 unspecified atom stereocenters. The molecule has 5 rings (SSSR count). The van der Waals surface area contributed by atoms with Crippen molar-refractivity contribution in [2.75, 3.05) is 20.9 Å². The van der Waals surface area contributed by atoms with Gasteiger partial charge in [0.15, 0.2) is 11.5 Å². The zero-order valence-corrected chi connectivity index (χ0v) is 19.8. The standard InChI is InChI=1S/C26H21BrN2O4/c1-28(2)26(31)24-23(17-6-4-3-5-7-17)20-13-18(27)9-10-19(20)25(30)29(24)14-16-8-11-21-22(12-16)33-15-32-21/h3-13H,14-15H2,1-2H3. The SMILES string of the molecule is CN(C)C(=O)c1c(-c2ccccc2)c2cc(Br)ccc2c(=O)n1Cc1ccc2c(c1)OCO2. The van der Waals surface area contributed by atoms with E-state index in [0.29, 0.717) is 22.6 Å². The highest BCUT2D eigenvalue weighted by Crippen LogP contribution is 2.35. The zero-order valence-electron chi connectivity index (χ0n) is 18.2. The highest BCUT2D eigenvalue weighted by atomic mass is 79.9. The molecule has 7 heteroatoms. The number of fused-ring (bicyclic) bond motifs is 2. The first-order valence-corrected chi connectivity index (χ1v) is 11.2. The van der Waals surface area contributed by atoms with Crippen molar-refractivity contribution in [3.8, 4) is 22.6 Å². The first kappa shape index (κ1) is 21.3. The van der Waals surface area contributed by atoms with Gasteiger partial charge in [-0.25, -0.2) is 0 Å². The van der Waals surface area contributed by atoms with E-state index in [1.165, 1.54) is 4.90 Å². The molecule has 0 radical (unpaired) electrons. The van der Waals surface area contributed by atoms with E-state index in [1.807, 2.05) is 60.7 Å². The van der Waals surface area contributed by atoms with Gasteiger partial charge in [0, 0.05) is 29.5 Å². The Kier molecular flexibility index (Phi) is 5.42. The molecule has 1 aromatic heterocycles. The van der Waals surface area contributed by atoms with Crippen LogP contribution >= 0.6 is 15.9 Å². The van der Waals surface area contributed by atoms with Crippen molar-refractivity contribution in [1.82, 2.24) is 9.47 Å². The summed E-state index contributed by atoms with van der Waals surface area (Å²) < 4.78 is 13.3. The second-order valence-electron chi connectivity index (χ2n) is 8.06. The van der Waals surface area contributed by atoms with Crippen molar-refractivity contribution in [1.29, 1.82) is 0 Å². The minimum Gasteiger partial charge on any atom is -0.454 e. The third kappa shape index (κ3) is 3.78. The molecular formula is C26H21BrN2O4. The van der Waals surface area contributed by atoms with E-state index in [1.54, 1.807) is 24.7 Å². The molecule has 0 saturated carbocycles. The van der Waals surface area contributed by atoms with E-state index in [9.17, 15) is 9.59 Å².